The predicted molar refractivity (Wildman–Crippen MR) is 108 cm³/mol. The van der Waals surface area contributed by atoms with Crippen LogP contribution >= 0.6 is 27.3 Å². The highest BCUT2D eigenvalue weighted by Crippen LogP contribution is 2.37. The molecule has 0 saturated heterocycles. The summed E-state index contributed by atoms with van der Waals surface area (Å²) in [4.78, 5) is 2.37. The summed E-state index contributed by atoms with van der Waals surface area (Å²) >= 11 is 5.24. The van der Waals surface area contributed by atoms with Gasteiger partial charge in [-0.2, -0.15) is 5.26 Å². The molecule has 2 nitrogen and oxygen atoms in total. The van der Waals surface area contributed by atoms with Gasteiger partial charge in [-0.3, -0.25) is 0 Å². The fraction of sp³-hybridized carbons (Fsp3) is 0.190. The van der Waals surface area contributed by atoms with Crippen molar-refractivity contribution < 1.29 is 4.74 Å². The lowest BCUT2D eigenvalue weighted by Crippen LogP contribution is -2.06. The summed E-state index contributed by atoms with van der Waals surface area (Å²) in [5.41, 5.74) is 4.08. The SMILES string of the molecule is Cc1cc(Br)ccc1-c1ccc(-c2ccc(OC(C)C)c(C#N)c2)s1. The van der Waals surface area contributed by atoms with Crippen LogP contribution in [0.15, 0.2) is 53.0 Å². The maximum Gasteiger partial charge on any atom is 0.137 e. The molecule has 126 valence electrons. The molecule has 0 bridgehead atoms. The van der Waals surface area contributed by atoms with E-state index in [1.807, 2.05) is 32.0 Å². The third-order valence-electron chi connectivity index (χ3n) is 3.81. The number of benzene rings is 2. The molecule has 1 heterocycles. The molecule has 0 aliphatic rings. The fourth-order valence-corrected chi connectivity index (χ4v) is 4.24. The predicted octanol–water partition coefficient (Wildman–Crippen LogP) is 6.81. The Kier molecular flexibility index (Phi) is 5.27. The van der Waals surface area contributed by atoms with Gasteiger partial charge in [0.05, 0.1) is 11.7 Å². The number of halogens is 1. The van der Waals surface area contributed by atoms with Crippen molar-refractivity contribution in [1.29, 1.82) is 5.26 Å². The highest BCUT2D eigenvalue weighted by Gasteiger charge is 2.11. The highest BCUT2D eigenvalue weighted by molar-refractivity contribution is 9.10. The zero-order chi connectivity index (χ0) is 18.0. The second-order valence-electron chi connectivity index (χ2n) is 6.11. The zero-order valence-corrected chi connectivity index (χ0v) is 16.7. The maximum atomic E-state index is 9.42. The zero-order valence-electron chi connectivity index (χ0n) is 14.3. The summed E-state index contributed by atoms with van der Waals surface area (Å²) in [5.74, 6) is 0.641. The minimum Gasteiger partial charge on any atom is -0.490 e. The van der Waals surface area contributed by atoms with E-state index in [2.05, 4.69) is 59.3 Å². The Morgan fingerprint density at radius 1 is 1.04 bits per heavy atom. The number of nitrogens with zero attached hydrogens (tertiary/aromatic N) is 1. The molecule has 1 aromatic heterocycles. The summed E-state index contributed by atoms with van der Waals surface area (Å²) in [6, 6.07) is 18.6. The number of nitriles is 1. The molecule has 0 amide bonds. The van der Waals surface area contributed by atoms with Gasteiger partial charge in [0, 0.05) is 14.2 Å². The van der Waals surface area contributed by atoms with E-state index in [9.17, 15) is 5.26 Å². The molecule has 0 N–H and O–H groups in total. The molecule has 0 aliphatic heterocycles. The molecule has 0 aliphatic carbocycles. The van der Waals surface area contributed by atoms with Crippen LogP contribution in [0, 0.1) is 18.3 Å². The van der Waals surface area contributed by atoms with E-state index in [0.29, 0.717) is 11.3 Å². The van der Waals surface area contributed by atoms with Crippen molar-refractivity contribution in [2.24, 2.45) is 0 Å². The first kappa shape index (κ1) is 17.7. The summed E-state index contributed by atoms with van der Waals surface area (Å²) in [6.45, 7) is 6.04. The van der Waals surface area contributed by atoms with Gasteiger partial charge >= 0.3 is 0 Å². The van der Waals surface area contributed by atoms with Crippen LogP contribution in [-0.2, 0) is 0 Å². The molecular formula is C21H18BrNOS. The number of hydrogen-bond donors (Lipinski definition) is 0. The third-order valence-corrected chi connectivity index (χ3v) is 5.47. The van der Waals surface area contributed by atoms with Gasteiger partial charge < -0.3 is 4.74 Å². The van der Waals surface area contributed by atoms with E-state index in [-0.39, 0.29) is 6.10 Å². The first-order chi connectivity index (χ1) is 12.0. The largest absolute Gasteiger partial charge is 0.490 e. The normalized spacial score (nSPS) is 10.7. The number of ether oxygens (including phenoxy) is 1. The standard InChI is InChI=1S/C21H18BrNOS/c1-13(2)24-19-7-4-15(11-16(19)12-23)20-8-9-21(25-20)18-6-5-17(22)10-14(18)3/h4-11,13H,1-3H3. The Labute approximate surface area is 160 Å². The molecular weight excluding hydrogens is 394 g/mol. The number of rotatable bonds is 4. The van der Waals surface area contributed by atoms with Crippen molar-refractivity contribution in [2.45, 2.75) is 26.9 Å². The van der Waals surface area contributed by atoms with Crippen molar-refractivity contribution >= 4 is 27.3 Å². The number of aryl methyl sites for hydroxylation is 1. The van der Waals surface area contributed by atoms with Gasteiger partial charge in [-0.15, -0.1) is 11.3 Å². The Morgan fingerprint density at radius 2 is 1.80 bits per heavy atom. The Balaban J connectivity index is 1.96. The van der Waals surface area contributed by atoms with Crippen LogP contribution in [0.3, 0.4) is 0 Å². The van der Waals surface area contributed by atoms with Crippen LogP contribution in [0.2, 0.25) is 0 Å². The van der Waals surface area contributed by atoms with Crippen LogP contribution in [-0.4, -0.2) is 6.10 Å². The minimum atomic E-state index is 0.0478. The molecule has 4 heteroatoms. The van der Waals surface area contributed by atoms with Crippen molar-refractivity contribution in [3.05, 3.63) is 64.1 Å². The topological polar surface area (TPSA) is 33.0 Å². The lowest BCUT2D eigenvalue weighted by atomic mass is 10.1. The van der Waals surface area contributed by atoms with Crippen molar-refractivity contribution in [3.8, 4) is 32.7 Å². The smallest absolute Gasteiger partial charge is 0.137 e. The van der Waals surface area contributed by atoms with Gasteiger partial charge in [0.2, 0.25) is 0 Å². The molecule has 25 heavy (non-hydrogen) atoms. The van der Waals surface area contributed by atoms with Gasteiger partial charge in [-0.05, 0) is 79.9 Å². The number of hydrogen-bond acceptors (Lipinski definition) is 3. The van der Waals surface area contributed by atoms with Crippen LogP contribution in [0.4, 0.5) is 0 Å². The molecule has 0 fully saturated rings. The minimum absolute atomic E-state index is 0.0478. The van der Waals surface area contributed by atoms with Gasteiger partial charge in [-0.1, -0.05) is 22.0 Å². The van der Waals surface area contributed by atoms with Gasteiger partial charge in [0.1, 0.15) is 11.8 Å². The average molecular weight is 412 g/mol. The fourth-order valence-electron chi connectivity index (χ4n) is 2.67. The van der Waals surface area contributed by atoms with Crippen LogP contribution < -0.4 is 4.74 Å². The first-order valence-corrected chi connectivity index (χ1v) is 9.66. The molecule has 0 radical (unpaired) electrons. The summed E-state index contributed by atoms with van der Waals surface area (Å²) in [7, 11) is 0. The lowest BCUT2D eigenvalue weighted by Gasteiger charge is -2.11. The van der Waals surface area contributed by atoms with Crippen molar-refractivity contribution in [2.75, 3.05) is 0 Å². The van der Waals surface area contributed by atoms with Crippen molar-refractivity contribution in [3.63, 3.8) is 0 Å². The van der Waals surface area contributed by atoms with E-state index in [1.165, 1.54) is 16.0 Å². The second-order valence-corrected chi connectivity index (χ2v) is 8.11. The molecule has 0 atom stereocenters. The first-order valence-electron chi connectivity index (χ1n) is 8.05. The van der Waals surface area contributed by atoms with E-state index in [4.69, 9.17) is 4.74 Å². The Bertz CT molecular complexity index is 953. The molecule has 3 aromatic rings. The van der Waals surface area contributed by atoms with E-state index in [0.717, 1.165) is 14.9 Å². The Morgan fingerprint density at radius 3 is 2.48 bits per heavy atom. The molecule has 0 unspecified atom stereocenters. The van der Waals surface area contributed by atoms with Gasteiger partial charge in [-0.25, -0.2) is 0 Å². The third kappa shape index (κ3) is 3.95. The van der Waals surface area contributed by atoms with Crippen LogP contribution in [0.1, 0.15) is 25.0 Å². The van der Waals surface area contributed by atoms with E-state index in [1.54, 1.807) is 11.3 Å². The van der Waals surface area contributed by atoms with Crippen LogP contribution in [0.5, 0.6) is 5.75 Å². The van der Waals surface area contributed by atoms with Gasteiger partial charge in [0.25, 0.3) is 0 Å². The average Bonchev–Trinajstić information content (AvgIpc) is 3.04. The molecule has 0 spiro atoms. The molecule has 3 rings (SSSR count). The van der Waals surface area contributed by atoms with E-state index < -0.39 is 0 Å². The lowest BCUT2D eigenvalue weighted by molar-refractivity contribution is 0.242. The van der Waals surface area contributed by atoms with E-state index >= 15 is 0 Å². The summed E-state index contributed by atoms with van der Waals surface area (Å²) in [5, 5.41) is 9.42. The maximum absolute atomic E-state index is 9.42. The summed E-state index contributed by atoms with van der Waals surface area (Å²) < 4.78 is 6.79. The number of thiophene rings is 1. The quantitative estimate of drug-likeness (QED) is 0.472. The highest BCUT2D eigenvalue weighted by atomic mass is 79.9. The monoisotopic (exact) mass is 411 g/mol. The molecule has 0 saturated carbocycles. The van der Waals surface area contributed by atoms with Crippen molar-refractivity contribution in [1.82, 2.24) is 0 Å². The summed E-state index contributed by atoms with van der Waals surface area (Å²) in [6.07, 6.45) is 0.0478. The second kappa shape index (κ2) is 7.43. The Hall–Kier alpha value is -2.09. The molecule has 2 aromatic carbocycles. The van der Waals surface area contributed by atoms with Gasteiger partial charge in [0.15, 0.2) is 0 Å². The van der Waals surface area contributed by atoms with Crippen LogP contribution in [0.25, 0.3) is 20.9 Å².